The van der Waals surface area contributed by atoms with Crippen LogP contribution in [0.2, 0.25) is 0 Å². The van der Waals surface area contributed by atoms with Crippen LogP contribution >= 0.6 is 15.9 Å². The van der Waals surface area contributed by atoms with Gasteiger partial charge in [0.15, 0.2) is 0 Å². The van der Waals surface area contributed by atoms with Gasteiger partial charge in [0.2, 0.25) is 0 Å². The Bertz CT molecular complexity index is 293. The summed E-state index contributed by atoms with van der Waals surface area (Å²) < 4.78 is 0. The molecule has 0 fully saturated rings. The highest BCUT2D eigenvalue weighted by Crippen LogP contribution is 2.33. The van der Waals surface area contributed by atoms with Crippen molar-refractivity contribution in [1.29, 1.82) is 0 Å². The summed E-state index contributed by atoms with van der Waals surface area (Å²) >= 11 is 3.60. The molecular weight excluding hydrogens is 202 g/mol. The third kappa shape index (κ3) is 1.23. The van der Waals surface area contributed by atoms with E-state index in [-0.39, 0.29) is 0 Å². The second kappa shape index (κ2) is 2.78. The highest BCUT2D eigenvalue weighted by molar-refractivity contribution is 9.09. The van der Waals surface area contributed by atoms with Crippen molar-refractivity contribution in [3.8, 4) is 0 Å². The lowest BCUT2D eigenvalue weighted by molar-refractivity contribution is 0.959. The first-order valence-corrected chi connectivity index (χ1v) is 4.54. The van der Waals surface area contributed by atoms with Gasteiger partial charge in [-0.1, -0.05) is 28.1 Å². The van der Waals surface area contributed by atoms with E-state index in [0.717, 1.165) is 6.42 Å². The zero-order valence-corrected chi connectivity index (χ0v) is 7.58. The predicted octanol–water partition coefficient (Wildman–Crippen LogP) is 2.93. The molecule has 0 saturated carbocycles. The molecule has 11 heavy (non-hydrogen) atoms. The molecule has 2 heteroatoms. The Balaban J connectivity index is 2.54. The monoisotopic (exact) mass is 209 g/mol. The van der Waals surface area contributed by atoms with E-state index in [2.05, 4.69) is 33.1 Å². The Morgan fingerprint density at radius 3 is 3.27 bits per heavy atom. The standard InChI is InChI=1S/C9H8BrN/c10-9-3-1-2-7-4-5-11-6-8(7)9/h1-2,4-6,9H,3H2. The van der Waals surface area contributed by atoms with E-state index in [0.29, 0.717) is 4.83 Å². The number of nitrogens with zero attached hydrogens (tertiary/aromatic N) is 1. The molecule has 1 aliphatic carbocycles. The minimum Gasteiger partial charge on any atom is -0.264 e. The first-order chi connectivity index (χ1) is 5.38. The summed E-state index contributed by atoms with van der Waals surface area (Å²) in [5.74, 6) is 0. The van der Waals surface area contributed by atoms with Crippen LogP contribution in [0.25, 0.3) is 6.08 Å². The number of allylic oxidation sites excluding steroid dienone is 1. The van der Waals surface area contributed by atoms with E-state index in [4.69, 9.17) is 0 Å². The third-order valence-electron chi connectivity index (χ3n) is 1.87. The summed E-state index contributed by atoms with van der Waals surface area (Å²) in [4.78, 5) is 4.54. The van der Waals surface area contributed by atoms with Gasteiger partial charge in [-0.25, -0.2) is 0 Å². The van der Waals surface area contributed by atoms with Gasteiger partial charge in [0, 0.05) is 17.2 Å². The van der Waals surface area contributed by atoms with Gasteiger partial charge in [0.25, 0.3) is 0 Å². The van der Waals surface area contributed by atoms with Crippen molar-refractivity contribution >= 4 is 22.0 Å². The molecule has 2 rings (SSSR count). The number of alkyl halides is 1. The van der Waals surface area contributed by atoms with Gasteiger partial charge in [-0.3, -0.25) is 4.98 Å². The lowest BCUT2D eigenvalue weighted by Crippen LogP contribution is -1.97. The van der Waals surface area contributed by atoms with Gasteiger partial charge in [-0.15, -0.1) is 0 Å². The number of halogens is 1. The molecule has 0 amide bonds. The minimum absolute atomic E-state index is 0.455. The molecular formula is C9H8BrN. The fourth-order valence-electron chi connectivity index (χ4n) is 1.27. The van der Waals surface area contributed by atoms with E-state index in [1.807, 2.05) is 18.5 Å². The van der Waals surface area contributed by atoms with Gasteiger partial charge in [0.05, 0.1) is 0 Å². The molecule has 1 nitrogen and oxygen atoms in total. The van der Waals surface area contributed by atoms with Gasteiger partial charge >= 0.3 is 0 Å². The largest absolute Gasteiger partial charge is 0.264 e. The van der Waals surface area contributed by atoms with Gasteiger partial charge < -0.3 is 0 Å². The Morgan fingerprint density at radius 1 is 1.55 bits per heavy atom. The first-order valence-electron chi connectivity index (χ1n) is 3.62. The number of pyridine rings is 1. The molecule has 0 saturated heterocycles. The second-order valence-electron chi connectivity index (χ2n) is 2.61. The molecule has 1 aromatic heterocycles. The Labute approximate surface area is 74.3 Å². The minimum atomic E-state index is 0.455. The predicted molar refractivity (Wildman–Crippen MR) is 49.6 cm³/mol. The molecule has 0 bridgehead atoms. The first kappa shape index (κ1) is 7.04. The van der Waals surface area contributed by atoms with E-state index < -0.39 is 0 Å². The number of aromatic nitrogens is 1. The SMILES string of the molecule is BrC1CC=Cc2ccncc21. The molecule has 0 aromatic carbocycles. The topological polar surface area (TPSA) is 12.9 Å². The molecule has 0 N–H and O–H groups in total. The van der Waals surface area contributed by atoms with Gasteiger partial charge in [-0.2, -0.15) is 0 Å². The lowest BCUT2D eigenvalue weighted by Gasteiger charge is -2.14. The van der Waals surface area contributed by atoms with Crippen molar-refractivity contribution in [2.45, 2.75) is 11.2 Å². The molecule has 1 aliphatic rings. The van der Waals surface area contributed by atoms with Crippen molar-refractivity contribution in [1.82, 2.24) is 4.98 Å². The summed E-state index contributed by atoms with van der Waals surface area (Å²) in [6.07, 6.45) is 9.15. The van der Waals surface area contributed by atoms with Gasteiger partial charge in [0.1, 0.15) is 0 Å². The normalized spacial score (nSPS) is 21.4. The molecule has 1 heterocycles. The average Bonchev–Trinajstić information content (AvgIpc) is 2.06. The average molecular weight is 210 g/mol. The van der Waals surface area contributed by atoms with Crippen LogP contribution in [0.1, 0.15) is 22.4 Å². The van der Waals surface area contributed by atoms with Crippen molar-refractivity contribution in [3.05, 3.63) is 35.7 Å². The molecule has 0 radical (unpaired) electrons. The van der Waals surface area contributed by atoms with Crippen LogP contribution in [0.3, 0.4) is 0 Å². The summed E-state index contributed by atoms with van der Waals surface area (Å²) in [6, 6.07) is 2.04. The van der Waals surface area contributed by atoms with E-state index >= 15 is 0 Å². The summed E-state index contributed by atoms with van der Waals surface area (Å²) in [6.45, 7) is 0. The van der Waals surface area contributed by atoms with Crippen molar-refractivity contribution in [2.24, 2.45) is 0 Å². The molecule has 0 aliphatic heterocycles. The number of rotatable bonds is 0. The number of fused-ring (bicyclic) bond motifs is 1. The van der Waals surface area contributed by atoms with E-state index in [9.17, 15) is 0 Å². The maximum absolute atomic E-state index is 4.08. The van der Waals surface area contributed by atoms with Crippen molar-refractivity contribution < 1.29 is 0 Å². The van der Waals surface area contributed by atoms with E-state index in [1.165, 1.54) is 11.1 Å². The maximum Gasteiger partial charge on any atom is 0.0451 e. The second-order valence-corrected chi connectivity index (χ2v) is 3.72. The van der Waals surface area contributed by atoms with Gasteiger partial charge in [-0.05, 0) is 23.6 Å². The smallest absolute Gasteiger partial charge is 0.0451 e. The van der Waals surface area contributed by atoms with Crippen LogP contribution in [0.4, 0.5) is 0 Å². The molecule has 56 valence electrons. The Hall–Kier alpha value is -0.630. The quantitative estimate of drug-likeness (QED) is 0.600. The molecule has 1 atom stereocenters. The Morgan fingerprint density at radius 2 is 2.45 bits per heavy atom. The molecule has 1 aromatic rings. The Kier molecular flexibility index (Phi) is 1.78. The van der Waals surface area contributed by atoms with Crippen molar-refractivity contribution in [3.63, 3.8) is 0 Å². The summed E-state index contributed by atoms with van der Waals surface area (Å²) in [5, 5.41) is 0. The lowest BCUT2D eigenvalue weighted by atomic mass is 10.0. The molecule has 1 unspecified atom stereocenters. The fraction of sp³-hybridized carbons (Fsp3) is 0.222. The molecule has 0 spiro atoms. The van der Waals surface area contributed by atoms with Crippen LogP contribution in [-0.2, 0) is 0 Å². The highest BCUT2D eigenvalue weighted by Gasteiger charge is 2.12. The van der Waals surface area contributed by atoms with Crippen LogP contribution in [-0.4, -0.2) is 4.98 Å². The number of hydrogen-bond donors (Lipinski definition) is 0. The summed E-state index contributed by atoms with van der Waals surface area (Å²) in [5.41, 5.74) is 2.59. The maximum atomic E-state index is 4.08. The summed E-state index contributed by atoms with van der Waals surface area (Å²) in [7, 11) is 0. The highest BCUT2D eigenvalue weighted by atomic mass is 79.9. The van der Waals surface area contributed by atoms with Crippen molar-refractivity contribution in [2.75, 3.05) is 0 Å². The van der Waals surface area contributed by atoms with E-state index in [1.54, 1.807) is 0 Å². The number of hydrogen-bond acceptors (Lipinski definition) is 1. The zero-order valence-electron chi connectivity index (χ0n) is 6.00. The fourth-order valence-corrected chi connectivity index (χ4v) is 1.87. The van der Waals surface area contributed by atoms with Crippen LogP contribution < -0.4 is 0 Å². The zero-order chi connectivity index (χ0) is 7.68. The van der Waals surface area contributed by atoms with Crippen LogP contribution in [0.5, 0.6) is 0 Å². The third-order valence-corrected chi connectivity index (χ3v) is 2.73. The van der Waals surface area contributed by atoms with Crippen LogP contribution in [0.15, 0.2) is 24.5 Å². The van der Waals surface area contributed by atoms with Crippen LogP contribution in [0, 0.1) is 0 Å².